The third kappa shape index (κ3) is 4.43. The highest BCUT2D eigenvalue weighted by Crippen LogP contribution is 2.27. The zero-order valence-electron chi connectivity index (χ0n) is 13.9. The van der Waals surface area contributed by atoms with E-state index in [9.17, 15) is 5.11 Å². The number of aliphatic hydroxyl groups excluding tert-OH is 1. The monoisotopic (exact) mass is 313 g/mol. The van der Waals surface area contributed by atoms with E-state index in [1.54, 1.807) is 0 Å². The van der Waals surface area contributed by atoms with Crippen molar-refractivity contribution in [1.29, 1.82) is 0 Å². The Kier molecular flexibility index (Phi) is 5.47. The van der Waals surface area contributed by atoms with E-state index in [1.165, 1.54) is 24.9 Å². The molecule has 2 aromatic rings. The second-order valence-corrected chi connectivity index (χ2v) is 6.62. The molecule has 1 saturated heterocycles. The van der Waals surface area contributed by atoms with Crippen molar-refractivity contribution in [2.24, 2.45) is 7.05 Å². The molecule has 3 rings (SSSR count). The van der Waals surface area contributed by atoms with Crippen LogP contribution in [0, 0.1) is 0 Å². The molecule has 0 saturated carbocycles. The van der Waals surface area contributed by atoms with Gasteiger partial charge in [0.25, 0.3) is 0 Å². The molecule has 4 nitrogen and oxygen atoms in total. The van der Waals surface area contributed by atoms with Crippen LogP contribution in [0.2, 0.25) is 0 Å². The largest absolute Gasteiger partial charge is 0.388 e. The molecule has 4 heteroatoms. The van der Waals surface area contributed by atoms with Crippen LogP contribution in [0.25, 0.3) is 0 Å². The number of benzene rings is 1. The van der Waals surface area contributed by atoms with Gasteiger partial charge in [-0.2, -0.15) is 5.10 Å². The molecule has 0 aliphatic carbocycles. The summed E-state index contributed by atoms with van der Waals surface area (Å²) in [6.07, 6.45) is 9.25. The van der Waals surface area contributed by atoms with Crippen LogP contribution >= 0.6 is 0 Å². The Morgan fingerprint density at radius 2 is 2.13 bits per heavy atom. The van der Waals surface area contributed by atoms with E-state index < -0.39 is 0 Å². The van der Waals surface area contributed by atoms with E-state index in [0.717, 1.165) is 31.4 Å². The summed E-state index contributed by atoms with van der Waals surface area (Å²) >= 11 is 0. The normalized spacial score (nSPS) is 20.0. The summed E-state index contributed by atoms with van der Waals surface area (Å²) in [4.78, 5) is 2.56. The zero-order valence-corrected chi connectivity index (χ0v) is 13.9. The standard InChI is InChI=1S/C19H27N3O/c1-21-15-16(14-20-21)7-5-11-22-12-6-10-18(22)13-19(23)17-8-3-2-4-9-17/h2-4,8-9,14-15,18-19,23H,5-7,10-13H2,1H3. The lowest BCUT2D eigenvalue weighted by Gasteiger charge is -2.26. The minimum Gasteiger partial charge on any atom is -0.388 e. The first-order valence-electron chi connectivity index (χ1n) is 8.67. The Labute approximate surface area is 138 Å². The van der Waals surface area contributed by atoms with Gasteiger partial charge in [0.1, 0.15) is 0 Å². The minimum absolute atomic E-state index is 0.347. The molecular formula is C19H27N3O. The summed E-state index contributed by atoms with van der Waals surface area (Å²) in [5.41, 5.74) is 2.35. The van der Waals surface area contributed by atoms with Crippen LogP contribution in [0.3, 0.4) is 0 Å². The molecular weight excluding hydrogens is 286 g/mol. The molecule has 0 amide bonds. The number of hydrogen-bond donors (Lipinski definition) is 1. The van der Waals surface area contributed by atoms with Crippen molar-refractivity contribution in [2.45, 2.75) is 44.2 Å². The lowest BCUT2D eigenvalue weighted by molar-refractivity contribution is 0.120. The van der Waals surface area contributed by atoms with Crippen molar-refractivity contribution in [3.8, 4) is 0 Å². The molecule has 1 aliphatic rings. The van der Waals surface area contributed by atoms with Crippen LogP contribution in [0.15, 0.2) is 42.7 Å². The highest BCUT2D eigenvalue weighted by Gasteiger charge is 2.26. The fourth-order valence-corrected chi connectivity index (χ4v) is 3.61. The van der Waals surface area contributed by atoms with E-state index in [4.69, 9.17) is 0 Å². The fourth-order valence-electron chi connectivity index (χ4n) is 3.61. The summed E-state index contributed by atoms with van der Waals surface area (Å²) in [5, 5.41) is 14.7. The summed E-state index contributed by atoms with van der Waals surface area (Å²) in [6, 6.07) is 10.5. The summed E-state index contributed by atoms with van der Waals surface area (Å²) in [7, 11) is 1.96. The Morgan fingerprint density at radius 1 is 1.30 bits per heavy atom. The van der Waals surface area contributed by atoms with Crippen LogP contribution < -0.4 is 0 Å². The molecule has 0 spiro atoms. The molecule has 1 aromatic carbocycles. The molecule has 23 heavy (non-hydrogen) atoms. The van der Waals surface area contributed by atoms with Crippen molar-refractivity contribution in [3.05, 3.63) is 53.9 Å². The number of aryl methyl sites for hydroxylation is 2. The second kappa shape index (κ2) is 7.75. The van der Waals surface area contributed by atoms with Gasteiger partial charge in [-0.05, 0) is 56.3 Å². The van der Waals surface area contributed by atoms with Crippen LogP contribution in [0.5, 0.6) is 0 Å². The molecule has 1 aromatic heterocycles. The average molecular weight is 313 g/mol. The maximum absolute atomic E-state index is 10.5. The molecule has 0 radical (unpaired) electrons. The molecule has 124 valence electrons. The predicted octanol–water partition coefficient (Wildman–Crippen LogP) is 2.94. The Bertz CT molecular complexity index is 596. The van der Waals surface area contributed by atoms with Gasteiger partial charge in [0.15, 0.2) is 0 Å². The van der Waals surface area contributed by atoms with Crippen molar-refractivity contribution in [1.82, 2.24) is 14.7 Å². The molecule has 2 unspecified atom stereocenters. The first-order chi connectivity index (χ1) is 11.2. The van der Waals surface area contributed by atoms with Gasteiger partial charge in [-0.15, -0.1) is 0 Å². The van der Waals surface area contributed by atoms with Crippen molar-refractivity contribution < 1.29 is 5.11 Å². The van der Waals surface area contributed by atoms with E-state index in [0.29, 0.717) is 6.04 Å². The van der Waals surface area contributed by atoms with E-state index in [2.05, 4.69) is 16.2 Å². The second-order valence-electron chi connectivity index (χ2n) is 6.62. The lowest BCUT2D eigenvalue weighted by Crippen LogP contribution is -2.32. The Hall–Kier alpha value is -1.65. The van der Waals surface area contributed by atoms with Gasteiger partial charge in [0.05, 0.1) is 12.3 Å². The SMILES string of the molecule is Cn1cc(CCCN2CCCC2CC(O)c2ccccc2)cn1. The summed E-state index contributed by atoms with van der Waals surface area (Å²) in [6.45, 7) is 2.28. The van der Waals surface area contributed by atoms with Gasteiger partial charge in [-0.3, -0.25) is 4.68 Å². The smallest absolute Gasteiger partial charge is 0.0805 e. The quantitative estimate of drug-likeness (QED) is 0.854. The topological polar surface area (TPSA) is 41.3 Å². The number of likely N-dealkylation sites (tertiary alicyclic amines) is 1. The number of aliphatic hydroxyl groups is 1. The number of aromatic nitrogens is 2. The van der Waals surface area contributed by atoms with E-state index in [-0.39, 0.29) is 6.10 Å². The van der Waals surface area contributed by atoms with Gasteiger partial charge >= 0.3 is 0 Å². The highest BCUT2D eigenvalue weighted by molar-refractivity contribution is 5.17. The van der Waals surface area contributed by atoms with Crippen LogP contribution in [-0.2, 0) is 13.5 Å². The van der Waals surface area contributed by atoms with Crippen LogP contribution in [0.1, 0.15) is 42.9 Å². The third-order valence-corrected chi connectivity index (χ3v) is 4.85. The average Bonchev–Trinajstić information content (AvgIpc) is 3.18. The first kappa shape index (κ1) is 16.2. The minimum atomic E-state index is -0.347. The van der Waals surface area contributed by atoms with Crippen LogP contribution in [-0.4, -0.2) is 38.9 Å². The van der Waals surface area contributed by atoms with Gasteiger partial charge in [0, 0.05) is 19.3 Å². The fraction of sp³-hybridized carbons (Fsp3) is 0.526. The maximum Gasteiger partial charge on any atom is 0.0805 e. The van der Waals surface area contributed by atoms with Crippen molar-refractivity contribution >= 4 is 0 Å². The predicted molar refractivity (Wildman–Crippen MR) is 92.1 cm³/mol. The van der Waals surface area contributed by atoms with E-state index in [1.807, 2.05) is 48.3 Å². The number of rotatable bonds is 7. The van der Waals surface area contributed by atoms with Crippen molar-refractivity contribution in [3.63, 3.8) is 0 Å². The van der Waals surface area contributed by atoms with Gasteiger partial charge < -0.3 is 10.0 Å². The molecule has 2 atom stereocenters. The molecule has 0 bridgehead atoms. The van der Waals surface area contributed by atoms with Crippen molar-refractivity contribution in [2.75, 3.05) is 13.1 Å². The lowest BCUT2D eigenvalue weighted by atomic mass is 10.0. The van der Waals surface area contributed by atoms with E-state index >= 15 is 0 Å². The molecule has 1 N–H and O–H groups in total. The molecule has 2 heterocycles. The summed E-state index contributed by atoms with van der Waals surface area (Å²) in [5.74, 6) is 0. The van der Waals surface area contributed by atoms with Crippen LogP contribution in [0.4, 0.5) is 0 Å². The van der Waals surface area contributed by atoms with Gasteiger partial charge in [0.2, 0.25) is 0 Å². The maximum atomic E-state index is 10.5. The first-order valence-corrected chi connectivity index (χ1v) is 8.67. The third-order valence-electron chi connectivity index (χ3n) is 4.85. The molecule has 1 aliphatic heterocycles. The van der Waals surface area contributed by atoms with Gasteiger partial charge in [-0.25, -0.2) is 0 Å². The zero-order chi connectivity index (χ0) is 16.1. The number of hydrogen-bond acceptors (Lipinski definition) is 3. The Balaban J connectivity index is 1.47. The molecule has 1 fully saturated rings. The highest BCUT2D eigenvalue weighted by atomic mass is 16.3. The summed E-state index contributed by atoms with van der Waals surface area (Å²) < 4.78 is 1.87. The Morgan fingerprint density at radius 3 is 2.87 bits per heavy atom. The number of nitrogens with zero attached hydrogens (tertiary/aromatic N) is 3. The van der Waals surface area contributed by atoms with Gasteiger partial charge in [-0.1, -0.05) is 30.3 Å².